The summed E-state index contributed by atoms with van der Waals surface area (Å²) in [7, 11) is 0. The molecule has 0 aliphatic rings. The highest BCUT2D eigenvalue weighted by atomic mass is 79.9. The number of carbonyl (C=O) groups excluding carboxylic acids is 2. The number of urea groups is 1. The maximum absolute atomic E-state index is 12.1. The van der Waals surface area contributed by atoms with Crippen LogP contribution >= 0.6 is 15.9 Å². The van der Waals surface area contributed by atoms with Gasteiger partial charge in [-0.3, -0.25) is 4.79 Å². The van der Waals surface area contributed by atoms with Gasteiger partial charge < -0.3 is 16.0 Å². The van der Waals surface area contributed by atoms with Crippen molar-refractivity contribution < 1.29 is 9.59 Å². The zero-order chi connectivity index (χ0) is 16.8. The van der Waals surface area contributed by atoms with Gasteiger partial charge in [-0.1, -0.05) is 34.1 Å². The first-order valence-corrected chi connectivity index (χ1v) is 7.94. The Morgan fingerprint density at radius 1 is 0.957 bits per heavy atom. The van der Waals surface area contributed by atoms with Gasteiger partial charge in [-0.05, 0) is 42.8 Å². The van der Waals surface area contributed by atoms with E-state index in [2.05, 4.69) is 31.9 Å². The summed E-state index contributed by atoms with van der Waals surface area (Å²) in [5.74, 6) is -0.134. The number of rotatable bonds is 4. The summed E-state index contributed by atoms with van der Waals surface area (Å²) in [5, 5.41) is 8.32. The lowest BCUT2D eigenvalue weighted by Gasteiger charge is -2.16. The van der Waals surface area contributed by atoms with Crippen molar-refractivity contribution in [1.82, 2.24) is 5.32 Å². The molecule has 120 valence electrons. The van der Waals surface area contributed by atoms with Crippen LogP contribution in [0.4, 0.5) is 16.2 Å². The minimum Gasteiger partial charge on any atom is -0.331 e. The van der Waals surface area contributed by atoms with Crippen LogP contribution in [0.2, 0.25) is 0 Å². The first-order valence-electron chi connectivity index (χ1n) is 7.15. The highest BCUT2D eigenvalue weighted by molar-refractivity contribution is 9.10. The molecule has 6 heteroatoms. The number of benzene rings is 2. The van der Waals surface area contributed by atoms with E-state index in [0.29, 0.717) is 11.4 Å². The average Bonchev–Trinajstić information content (AvgIpc) is 2.49. The van der Waals surface area contributed by atoms with Crippen LogP contribution in [0.1, 0.15) is 25.5 Å². The Morgan fingerprint density at radius 3 is 2.09 bits per heavy atom. The minimum absolute atomic E-state index is 0.134. The molecule has 2 rings (SSSR count). The Labute approximate surface area is 143 Å². The highest BCUT2D eigenvalue weighted by Gasteiger charge is 2.12. The summed E-state index contributed by atoms with van der Waals surface area (Å²) in [6, 6.07) is 14.2. The van der Waals surface area contributed by atoms with Crippen molar-refractivity contribution in [2.24, 2.45) is 0 Å². The predicted molar refractivity (Wildman–Crippen MR) is 95.5 cm³/mol. The van der Waals surface area contributed by atoms with Gasteiger partial charge in [0.05, 0.1) is 6.04 Å². The summed E-state index contributed by atoms with van der Waals surface area (Å²) in [6.45, 7) is 3.36. The fraction of sp³-hybridized carbons (Fsp3) is 0.176. The molecule has 5 nitrogen and oxygen atoms in total. The van der Waals surface area contributed by atoms with E-state index < -0.39 is 0 Å². The summed E-state index contributed by atoms with van der Waals surface area (Å²) in [6.07, 6.45) is 0. The monoisotopic (exact) mass is 375 g/mol. The Morgan fingerprint density at radius 2 is 1.52 bits per heavy atom. The summed E-state index contributed by atoms with van der Waals surface area (Å²) >= 11 is 3.47. The molecule has 0 saturated heterocycles. The summed E-state index contributed by atoms with van der Waals surface area (Å²) in [5.41, 5.74) is 2.34. The van der Waals surface area contributed by atoms with E-state index in [1.54, 1.807) is 24.3 Å². The van der Waals surface area contributed by atoms with Crippen molar-refractivity contribution in [3.05, 3.63) is 58.6 Å². The summed E-state index contributed by atoms with van der Waals surface area (Å²) in [4.78, 5) is 23.0. The standard InChI is InChI=1S/C17H18BrN3O2/c1-11(15-5-3-4-6-16(15)18)19-17(23)21-14-9-7-13(8-10-14)20-12(2)22/h3-11H,1-2H3,(H,20,22)(H2,19,21,23). The number of carbonyl (C=O) groups is 2. The van der Waals surface area contributed by atoms with Gasteiger partial charge in [-0.15, -0.1) is 0 Å². The molecule has 0 bridgehead atoms. The van der Waals surface area contributed by atoms with Crippen LogP contribution in [0.25, 0.3) is 0 Å². The quantitative estimate of drug-likeness (QED) is 0.745. The Kier molecular flexibility index (Phi) is 5.76. The van der Waals surface area contributed by atoms with Crippen molar-refractivity contribution in [3.63, 3.8) is 0 Å². The number of amides is 3. The van der Waals surface area contributed by atoms with Crippen molar-refractivity contribution in [1.29, 1.82) is 0 Å². The molecule has 0 saturated carbocycles. The van der Waals surface area contributed by atoms with Crippen LogP contribution in [0, 0.1) is 0 Å². The van der Waals surface area contributed by atoms with Crippen molar-refractivity contribution in [2.75, 3.05) is 10.6 Å². The Balaban J connectivity index is 1.94. The Hall–Kier alpha value is -2.34. The van der Waals surface area contributed by atoms with E-state index in [1.807, 2.05) is 31.2 Å². The largest absolute Gasteiger partial charge is 0.331 e. The second-order valence-electron chi connectivity index (χ2n) is 5.10. The highest BCUT2D eigenvalue weighted by Crippen LogP contribution is 2.22. The van der Waals surface area contributed by atoms with Crippen LogP contribution in [-0.2, 0) is 4.79 Å². The smallest absolute Gasteiger partial charge is 0.319 e. The fourth-order valence-corrected chi connectivity index (χ4v) is 2.74. The van der Waals surface area contributed by atoms with E-state index in [9.17, 15) is 9.59 Å². The first-order chi connectivity index (χ1) is 11.0. The van der Waals surface area contributed by atoms with Gasteiger partial charge >= 0.3 is 6.03 Å². The topological polar surface area (TPSA) is 70.2 Å². The van der Waals surface area contributed by atoms with Gasteiger partial charge in [0.25, 0.3) is 0 Å². The molecule has 23 heavy (non-hydrogen) atoms. The molecule has 0 heterocycles. The molecular weight excluding hydrogens is 358 g/mol. The zero-order valence-corrected chi connectivity index (χ0v) is 14.5. The molecule has 2 aromatic rings. The molecule has 0 radical (unpaired) electrons. The lowest BCUT2D eigenvalue weighted by Crippen LogP contribution is -2.31. The lowest BCUT2D eigenvalue weighted by molar-refractivity contribution is -0.114. The molecule has 0 aliphatic heterocycles. The van der Waals surface area contributed by atoms with Gasteiger partial charge in [0.2, 0.25) is 5.91 Å². The molecule has 3 N–H and O–H groups in total. The van der Waals surface area contributed by atoms with Crippen LogP contribution in [-0.4, -0.2) is 11.9 Å². The number of halogens is 1. The third-order valence-electron chi connectivity index (χ3n) is 3.18. The van der Waals surface area contributed by atoms with E-state index in [1.165, 1.54) is 6.92 Å². The maximum Gasteiger partial charge on any atom is 0.319 e. The zero-order valence-electron chi connectivity index (χ0n) is 12.9. The Bertz CT molecular complexity index is 701. The number of anilines is 2. The van der Waals surface area contributed by atoms with E-state index in [0.717, 1.165) is 10.0 Å². The number of nitrogens with one attached hydrogen (secondary N) is 3. The third-order valence-corrected chi connectivity index (χ3v) is 3.90. The van der Waals surface area contributed by atoms with Crippen molar-refractivity contribution >= 4 is 39.2 Å². The molecule has 3 amide bonds. The van der Waals surface area contributed by atoms with Gasteiger partial charge in [-0.25, -0.2) is 4.79 Å². The van der Waals surface area contributed by atoms with Crippen LogP contribution < -0.4 is 16.0 Å². The first kappa shape index (κ1) is 17.0. The second-order valence-corrected chi connectivity index (χ2v) is 5.95. The number of hydrogen-bond acceptors (Lipinski definition) is 2. The number of hydrogen-bond donors (Lipinski definition) is 3. The van der Waals surface area contributed by atoms with Gasteiger partial charge in [0.1, 0.15) is 0 Å². The third kappa shape index (κ3) is 5.10. The molecule has 0 aliphatic carbocycles. The summed E-state index contributed by atoms with van der Waals surface area (Å²) < 4.78 is 0.951. The van der Waals surface area contributed by atoms with Crippen molar-refractivity contribution in [3.8, 4) is 0 Å². The average molecular weight is 376 g/mol. The molecule has 0 spiro atoms. The van der Waals surface area contributed by atoms with Crippen LogP contribution in [0.3, 0.4) is 0 Å². The minimum atomic E-state index is -0.291. The normalized spacial score (nSPS) is 11.4. The van der Waals surface area contributed by atoms with E-state index in [-0.39, 0.29) is 18.0 Å². The molecule has 2 aromatic carbocycles. The van der Waals surface area contributed by atoms with E-state index >= 15 is 0 Å². The molecule has 1 atom stereocenters. The fourth-order valence-electron chi connectivity index (χ4n) is 2.11. The van der Waals surface area contributed by atoms with Gasteiger partial charge in [-0.2, -0.15) is 0 Å². The molecule has 1 unspecified atom stereocenters. The second kappa shape index (κ2) is 7.78. The van der Waals surface area contributed by atoms with E-state index in [4.69, 9.17) is 0 Å². The SMILES string of the molecule is CC(=O)Nc1ccc(NC(=O)NC(C)c2ccccc2Br)cc1. The predicted octanol–water partition coefficient (Wildman–Crippen LogP) is 4.29. The van der Waals surface area contributed by atoms with Crippen LogP contribution in [0.5, 0.6) is 0 Å². The molecular formula is C17H18BrN3O2. The lowest BCUT2D eigenvalue weighted by atomic mass is 10.1. The van der Waals surface area contributed by atoms with Gasteiger partial charge in [0, 0.05) is 22.8 Å². The van der Waals surface area contributed by atoms with Gasteiger partial charge in [0.15, 0.2) is 0 Å². The molecule has 0 fully saturated rings. The maximum atomic E-state index is 12.1. The molecule has 0 aromatic heterocycles. The van der Waals surface area contributed by atoms with Crippen molar-refractivity contribution in [2.45, 2.75) is 19.9 Å². The van der Waals surface area contributed by atoms with Crippen LogP contribution in [0.15, 0.2) is 53.0 Å².